The van der Waals surface area contributed by atoms with Crippen LogP contribution in [0.25, 0.3) is 0 Å². The Morgan fingerprint density at radius 1 is 1.19 bits per heavy atom. The van der Waals surface area contributed by atoms with Gasteiger partial charge in [-0.25, -0.2) is 0 Å². The molecule has 0 amide bonds. The SMILES string of the molecule is CCCO[Si](CC(N)CNCc1ccccc1)(OC)OC. The Bertz CT molecular complexity index is 374. The molecule has 1 rings (SSSR count). The zero-order chi connectivity index (χ0) is 15.6. The van der Waals surface area contributed by atoms with E-state index >= 15 is 0 Å². The van der Waals surface area contributed by atoms with Crippen molar-refractivity contribution < 1.29 is 13.3 Å². The fraction of sp³-hybridized carbons (Fsp3) is 0.600. The van der Waals surface area contributed by atoms with E-state index in [1.807, 2.05) is 18.2 Å². The number of hydrogen-bond donors (Lipinski definition) is 2. The molecule has 0 fully saturated rings. The van der Waals surface area contributed by atoms with E-state index < -0.39 is 8.80 Å². The van der Waals surface area contributed by atoms with Crippen LogP contribution in [-0.4, -0.2) is 42.2 Å². The third-order valence-electron chi connectivity index (χ3n) is 3.24. The summed E-state index contributed by atoms with van der Waals surface area (Å²) in [5.41, 5.74) is 7.42. The molecule has 0 saturated carbocycles. The topological polar surface area (TPSA) is 65.7 Å². The van der Waals surface area contributed by atoms with E-state index in [1.54, 1.807) is 14.2 Å². The van der Waals surface area contributed by atoms with Crippen molar-refractivity contribution in [1.82, 2.24) is 5.32 Å². The van der Waals surface area contributed by atoms with Crippen LogP contribution in [0.15, 0.2) is 30.3 Å². The first-order chi connectivity index (χ1) is 10.2. The highest BCUT2D eigenvalue weighted by atomic mass is 28.4. The monoisotopic (exact) mass is 312 g/mol. The maximum absolute atomic E-state index is 6.18. The smallest absolute Gasteiger partial charge is 0.377 e. The lowest BCUT2D eigenvalue weighted by atomic mass is 10.2. The molecule has 0 aliphatic rings. The summed E-state index contributed by atoms with van der Waals surface area (Å²) in [5, 5.41) is 3.36. The first kappa shape index (κ1) is 18.3. The van der Waals surface area contributed by atoms with Crippen LogP contribution in [0.4, 0.5) is 0 Å². The van der Waals surface area contributed by atoms with Gasteiger partial charge in [-0.15, -0.1) is 0 Å². The number of nitrogens with two attached hydrogens (primary N) is 1. The van der Waals surface area contributed by atoms with Crippen molar-refractivity contribution >= 4 is 8.80 Å². The van der Waals surface area contributed by atoms with Gasteiger partial charge in [-0.3, -0.25) is 0 Å². The maximum Gasteiger partial charge on any atom is 0.502 e. The van der Waals surface area contributed by atoms with Crippen LogP contribution in [0.2, 0.25) is 6.04 Å². The second kappa shape index (κ2) is 10.0. The lowest BCUT2D eigenvalue weighted by Crippen LogP contribution is -2.50. The lowest BCUT2D eigenvalue weighted by Gasteiger charge is -2.28. The molecule has 5 nitrogen and oxygen atoms in total. The van der Waals surface area contributed by atoms with Gasteiger partial charge in [0.05, 0.1) is 0 Å². The Morgan fingerprint density at radius 2 is 1.86 bits per heavy atom. The van der Waals surface area contributed by atoms with E-state index in [0.29, 0.717) is 19.2 Å². The van der Waals surface area contributed by atoms with Gasteiger partial charge in [0.1, 0.15) is 0 Å². The highest BCUT2D eigenvalue weighted by molar-refractivity contribution is 6.60. The van der Waals surface area contributed by atoms with Gasteiger partial charge in [-0.05, 0) is 12.0 Å². The zero-order valence-electron chi connectivity index (χ0n) is 13.3. The average molecular weight is 312 g/mol. The first-order valence-corrected chi connectivity index (χ1v) is 9.33. The molecule has 1 atom stereocenters. The van der Waals surface area contributed by atoms with Crippen LogP contribution in [0, 0.1) is 0 Å². The predicted octanol–water partition coefficient (Wildman–Crippen LogP) is 1.76. The summed E-state index contributed by atoms with van der Waals surface area (Å²) in [6.07, 6.45) is 0.933. The van der Waals surface area contributed by atoms with Crippen molar-refractivity contribution in [2.75, 3.05) is 27.4 Å². The molecule has 6 heteroatoms. The minimum Gasteiger partial charge on any atom is -0.377 e. The third-order valence-corrected chi connectivity index (χ3v) is 6.15. The fourth-order valence-corrected chi connectivity index (χ4v) is 4.23. The van der Waals surface area contributed by atoms with Crippen LogP contribution in [0.1, 0.15) is 18.9 Å². The normalized spacial score (nSPS) is 13.3. The van der Waals surface area contributed by atoms with Crippen LogP contribution < -0.4 is 11.1 Å². The Morgan fingerprint density at radius 3 is 2.43 bits per heavy atom. The largest absolute Gasteiger partial charge is 0.502 e. The van der Waals surface area contributed by atoms with Gasteiger partial charge in [0.15, 0.2) is 0 Å². The molecule has 0 heterocycles. The Kier molecular flexibility index (Phi) is 8.75. The van der Waals surface area contributed by atoms with Gasteiger partial charge < -0.3 is 24.3 Å². The van der Waals surface area contributed by atoms with Crippen LogP contribution >= 0.6 is 0 Å². The molecule has 120 valence electrons. The lowest BCUT2D eigenvalue weighted by molar-refractivity contribution is 0.0964. The summed E-state index contributed by atoms with van der Waals surface area (Å²) in [5.74, 6) is 0. The van der Waals surface area contributed by atoms with Crippen LogP contribution in [0.5, 0.6) is 0 Å². The molecule has 3 N–H and O–H groups in total. The second-order valence-corrected chi connectivity index (χ2v) is 7.90. The predicted molar refractivity (Wildman–Crippen MR) is 86.9 cm³/mol. The highest BCUT2D eigenvalue weighted by Crippen LogP contribution is 2.15. The molecule has 1 unspecified atom stereocenters. The average Bonchev–Trinajstić information content (AvgIpc) is 2.52. The van der Waals surface area contributed by atoms with Crippen molar-refractivity contribution in [3.63, 3.8) is 0 Å². The van der Waals surface area contributed by atoms with Gasteiger partial charge in [0.2, 0.25) is 0 Å². The number of benzene rings is 1. The van der Waals surface area contributed by atoms with E-state index in [-0.39, 0.29) is 6.04 Å². The van der Waals surface area contributed by atoms with Crippen molar-refractivity contribution in [2.24, 2.45) is 5.73 Å². The third kappa shape index (κ3) is 6.69. The number of rotatable bonds is 11. The minimum atomic E-state index is -2.62. The van der Waals surface area contributed by atoms with E-state index in [1.165, 1.54) is 5.56 Å². The molecule has 0 saturated heterocycles. The Hall–Kier alpha value is -0.763. The minimum absolute atomic E-state index is 0.0582. The van der Waals surface area contributed by atoms with Gasteiger partial charge in [-0.1, -0.05) is 37.3 Å². The summed E-state index contributed by atoms with van der Waals surface area (Å²) >= 11 is 0. The molecule has 0 bridgehead atoms. The van der Waals surface area contributed by atoms with E-state index in [0.717, 1.165) is 13.0 Å². The first-order valence-electron chi connectivity index (χ1n) is 7.40. The van der Waals surface area contributed by atoms with Crippen LogP contribution in [0.3, 0.4) is 0 Å². The molecule has 1 aromatic carbocycles. The molecule has 0 aromatic heterocycles. The quantitative estimate of drug-likeness (QED) is 0.610. The summed E-state index contributed by atoms with van der Waals surface area (Å²) in [6, 6.07) is 10.8. The molecule has 0 aliphatic heterocycles. The summed E-state index contributed by atoms with van der Waals surface area (Å²) in [4.78, 5) is 0. The van der Waals surface area contributed by atoms with Crippen molar-refractivity contribution in [2.45, 2.75) is 32.0 Å². The van der Waals surface area contributed by atoms with Crippen molar-refractivity contribution in [1.29, 1.82) is 0 Å². The van der Waals surface area contributed by atoms with E-state index in [9.17, 15) is 0 Å². The highest BCUT2D eigenvalue weighted by Gasteiger charge is 2.40. The number of nitrogens with one attached hydrogen (secondary N) is 1. The standard InChI is InChI=1S/C15H28N2O3Si/c1-4-10-20-21(18-2,19-3)13-15(16)12-17-11-14-8-6-5-7-9-14/h5-9,15,17H,4,10-13,16H2,1-3H3. The van der Waals surface area contributed by atoms with E-state index in [4.69, 9.17) is 19.0 Å². The molecule has 0 aliphatic carbocycles. The molecule has 0 radical (unpaired) electrons. The fourth-order valence-electron chi connectivity index (χ4n) is 2.08. The molecule has 21 heavy (non-hydrogen) atoms. The molecule has 1 aromatic rings. The second-order valence-electron chi connectivity index (χ2n) is 5.02. The number of hydrogen-bond acceptors (Lipinski definition) is 5. The molecule has 0 spiro atoms. The summed E-state index contributed by atoms with van der Waals surface area (Å²) in [6.45, 7) is 4.20. The van der Waals surface area contributed by atoms with Crippen molar-refractivity contribution in [3.05, 3.63) is 35.9 Å². The van der Waals surface area contributed by atoms with Gasteiger partial charge in [0.25, 0.3) is 0 Å². The maximum atomic E-state index is 6.18. The van der Waals surface area contributed by atoms with Gasteiger partial charge in [0, 0.05) is 46.0 Å². The summed E-state index contributed by atoms with van der Waals surface area (Å²) < 4.78 is 16.8. The Labute approximate surface area is 129 Å². The van der Waals surface area contributed by atoms with Crippen molar-refractivity contribution in [3.8, 4) is 0 Å². The van der Waals surface area contributed by atoms with Gasteiger partial charge in [-0.2, -0.15) is 0 Å². The van der Waals surface area contributed by atoms with Crippen LogP contribution in [-0.2, 0) is 19.8 Å². The zero-order valence-corrected chi connectivity index (χ0v) is 14.3. The molecular formula is C15H28N2O3Si. The van der Waals surface area contributed by atoms with Gasteiger partial charge >= 0.3 is 8.80 Å². The van der Waals surface area contributed by atoms with E-state index in [2.05, 4.69) is 24.4 Å². The summed E-state index contributed by atoms with van der Waals surface area (Å²) in [7, 11) is 0.647. The molecular weight excluding hydrogens is 284 g/mol. The Balaban J connectivity index is 2.37.